The van der Waals surface area contributed by atoms with Gasteiger partial charge in [0.05, 0.1) is 12.7 Å². The Bertz CT molecular complexity index is 243. The molecule has 2 aliphatic rings. The fraction of sp³-hybridized carbons (Fsp3) is 0.933. The van der Waals surface area contributed by atoms with Crippen LogP contribution in [0.1, 0.15) is 64.2 Å². The zero-order chi connectivity index (χ0) is 12.6. The summed E-state index contributed by atoms with van der Waals surface area (Å²) < 4.78 is 5.81. The molecule has 0 spiro atoms. The first kappa shape index (κ1) is 13.9. The molecule has 0 bridgehead atoms. The lowest BCUT2D eigenvalue weighted by Gasteiger charge is -2.23. The summed E-state index contributed by atoms with van der Waals surface area (Å²) in [5.74, 6) is 0.523. The Morgan fingerprint density at radius 2 is 1.56 bits per heavy atom. The van der Waals surface area contributed by atoms with Crippen LogP contribution in [0, 0.1) is 5.92 Å². The molecule has 0 aromatic heterocycles. The van der Waals surface area contributed by atoms with Crippen molar-refractivity contribution in [1.29, 1.82) is 0 Å². The van der Waals surface area contributed by atoms with Crippen LogP contribution in [-0.4, -0.2) is 25.2 Å². The molecule has 104 valence electrons. The number of amides is 1. The Morgan fingerprint density at radius 1 is 0.944 bits per heavy atom. The van der Waals surface area contributed by atoms with Crippen molar-refractivity contribution in [2.75, 3.05) is 13.2 Å². The number of nitrogens with one attached hydrogen (secondary N) is 1. The second-order valence-corrected chi connectivity index (χ2v) is 5.76. The van der Waals surface area contributed by atoms with Gasteiger partial charge in [-0.3, -0.25) is 4.79 Å². The maximum atomic E-state index is 11.9. The van der Waals surface area contributed by atoms with Crippen LogP contribution < -0.4 is 5.32 Å². The summed E-state index contributed by atoms with van der Waals surface area (Å²) >= 11 is 0. The highest BCUT2D eigenvalue weighted by Gasteiger charge is 2.20. The second kappa shape index (κ2) is 7.78. The lowest BCUT2D eigenvalue weighted by Crippen LogP contribution is -2.35. The van der Waals surface area contributed by atoms with Gasteiger partial charge in [0.25, 0.3) is 0 Å². The lowest BCUT2D eigenvalue weighted by atomic mass is 9.89. The number of hydrogen-bond donors (Lipinski definition) is 1. The molecule has 0 heterocycles. The molecule has 0 radical (unpaired) electrons. The molecule has 2 rings (SSSR count). The van der Waals surface area contributed by atoms with Crippen LogP contribution in [0.2, 0.25) is 0 Å². The smallest absolute Gasteiger partial charge is 0.223 e. The molecule has 1 N–H and O–H groups in total. The molecule has 2 aliphatic carbocycles. The van der Waals surface area contributed by atoms with Gasteiger partial charge in [-0.1, -0.05) is 38.5 Å². The fourth-order valence-electron chi connectivity index (χ4n) is 3.14. The Morgan fingerprint density at radius 3 is 2.22 bits per heavy atom. The van der Waals surface area contributed by atoms with E-state index in [1.165, 1.54) is 51.4 Å². The number of hydrogen-bond acceptors (Lipinski definition) is 2. The molecule has 0 atom stereocenters. The Hall–Kier alpha value is -0.570. The van der Waals surface area contributed by atoms with Gasteiger partial charge in [-0.2, -0.15) is 0 Å². The molecule has 2 fully saturated rings. The lowest BCUT2D eigenvalue weighted by molar-refractivity contribution is -0.126. The van der Waals surface area contributed by atoms with Gasteiger partial charge in [0.1, 0.15) is 0 Å². The highest BCUT2D eigenvalue weighted by Crippen LogP contribution is 2.23. The van der Waals surface area contributed by atoms with E-state index in [4.69, 9.17) is 4.74 Å². The average Bonchev–Trinajstić information content (AvgIpc) is 2.45. The quantitative estimate of drug-likeness (QED) is 0.765. The zero-order valence-corrected chi connectivity index (χ0v) is 11.5. The molecule has 0 unspecified atom stereocenters. The van der Waals surface area contributed by atoms with Crippen molar-refractivity contribution in [3.8, 4) is 0 Å². The normalized spacial score (nSPS) is 22.9. The van der Waals surface area contributed by atoms with E-state index in [0.717, 1.165) is 12.8 Å². The maximum Gasteiger partial charge on any atom is 0.223 e. The van der Waals surface area contributed by atoms with Crippen LogP contribution in [0.3, 0.4) is 0 Å². The minimum atomic E-state index is 0.252. The predicted molar refractivity (Wildman–Crippen MR) is 72.4 cm³/mol. The monoisotopic (exact) mass is 253 g/mol. The third-order valence-electron chi connectivity index (χ3n) is 4.28. The molecule has 18 heavy (non-hydrogen) atoms. The van der Waals surface area contributed by atoms with Crippen LogP contribution in [0.25, 0.3) is 0 Å². The molecule has 0 aromatic carbocycles. The third-order valence-corrected chi connectivity index (χ3v) is 4.28. The highest BCUT2D eigenvalue weighted by atomic mass is 16.5. The molecule has 1 amide bonds. The van der Waals surface area contributed by atoms with Gasteiger partial charge >= 0.3 is 0 Å². The van der Waals surface area contributed by atoms with Crippen LogP contribution in [0.15, 0.2) is 0 Å². The first-order chi connectivity index (χ1) is 8.86. The van der Waals surface area contributed by atoms with Crippen molar-refractivity contribution >= 4 is 5.91 Å². The first-order valence-corrected chi connectivity index (χ1v) is 7.75. The molecule has 0 saturated heterocycles. The zero-order valence-electron chi connectivity index (χ0n) is 11.5. The summed E-state index contributed by atoms with van der Waals surface area (Å²) in [6.07, 6.45) is 12.7. The van der Waals surface area contributed by atoms with Crippen LogP contribution in [0.4, 0.5) is 0 Å². The Balaban J connectivity index is 1.52. The molecule has 2 saturated carbocycles. The standard InChI is InChI=1S/C15H27NO2/c17-15(13-7-3-1-4-8-13)16-11-12-18-14-9-5-2-6-10-14/h13-14H,1-12H2,(H,16,17). The molecular formula is C15H27NO2. The van der Waals surface area contributed by atoms with Crippen LogP contribution >= 0.6 is 0 Å². The topological polar surface area (TPSA) is 38.3 Å². The molecule has 3 heteroatoms. The van der Waals surface area contributed by atoms with Crippen molar-refractivity contribution < 1.29 is 9.53 Å². The van der Waals surface area contributed by atoms with Crippen molar-refractivity contribution in [3.63, 3.8) is 0 Å². The molecule has 0 aromatic rings. The fourth-order valence-corrected chi connectivity index (χ4v) is 3.14. The second-order valence-electron chi connectivity index (χ2n) is 5.76. The van der Waals surface area contributed by atoms with Crippen molar-refractivity contribution in [3.05, 3.63) is 0 Å². The number of carbonyl (C=O) groups is 1. The number of rotatable bonds is 5. The minimum Gasteiger partial charge on any atom is -0.376 e. The summed E-state index contributed by atoms with van der Waals surface area (Å²) in [7, 11) is 0. The van der Waals surface area contributed by atoms with Crippen molar-refractivity contribution in [2.45, 2.75) is 70.3 Å². The van der Waals surface area contributed by atoms with E-state index < -0.39 is 0 Å². The van der Waals surface area contributed by atoms with Crippen LogP contribution in [0.5, 0.6) is 0 Å². The summed E-state index contributed by atoms with van der Waals surface area (Å²) in [6.45, 7) is 1.37. The Labute approximate surface area is 111 Å². The van der Waals surface area contributed by atoms with E-state index in [9.17, 15) is 4.79 Å². The molecule has 0 aliphatic heterocycles. The highest BCUT2D eigenvalue weighted by molar-refractivity contribution is 5.78. The van der Waals surface area contributed by atoms with E-state index in [1.54, 1.807) is 0 Å². The van der Waals surface area contributed by atoms with Crippen molar-refractivity contribution in [2.24, 2.45) is 5.92 Å². The van der Waals surface area contributed by atoms with E-state index in [2.05, 4.69) is 5.32 Å². The largest absolute Gasteiger partial charge is 0.376 e. The maximum absolute atomic E-state index is 11.9. The molecule has 3 nitrogen and oxygen atoms in total. The minimum absolute atomic E-state index is 0.252. The predicted octanol–water partition coefficient (Wildman–Crippen LogP) is 3.03. The van der Waals surface area contributed by atoms with Gasteiger partial charge in [-0.15, -0.1) is 0 Å². The van der Waals surface area contributed by atoms with Gasteiger partial charge in [0.15, 0.2) is 0 Å². The average molecular weight is 253 g/mol. The SMILES string of the molecule is O=C(NCCOC1CCCCC1)C1CCCCC1. The number of carbonyl (C=O) groups excluding carboxylic acids is 1. The summed E-state index contributed by atoms with van der Waals surface area (Å²) in [4.78, 5) is 11.9. The van der Waals surface area contributed by atoms with Gasteiger partial charge in [0, 0.05) is 12.5 Å². The summed E-state index contributed by atoms with van der Waals surface area (Å²) in [6, 6.07) is 0. The van der Waals surface area contributed by atoms with Gasteiger partial charge in [-0.25, -0.2) is 0 Å². The van der Waals surface area contributed by atoms with Crippen molar-refractivity contribution in [1.82, 2.24) is 5.32 Å². The van der Waals surface area contributed by atoms with Gasteiger partial charge in [0.2, 0.25) is 5.91 Å². The van der Waals surface area contributed by atoms with E-state index in [1.807, 2.05) is 0 Å². The van der Waals surface area contributed by atoms with E-state index >= 15 is 0 Å². The number of ether oxygens (including phenoxy) is 1. The summed E-state index contributed by atoms with van der Waals surface area (Å²) in [5, 5.41) is 3.03. The summed E-state index contributed by atoms with van der Waals surface area (Å²) in [5.41, 5.74) is 0. The van der Waals surface area contributed by atoms with E-state index in [-0.39, 0.29) is 11.8 Å². The van der Waals surface area contributed by atoms with Crippen LogP contribution in [-0.2, 0) is 9.53 Å². The van der Waals surface area contributed by atoms with Gasteiger partial charge < -0.3 is 10.1 Å². The van der Waals surface area contributed by atoms with E-state index in [0.29, 0.717) is 19.3 Å². The Kier molecular flexibility index (Phi) is 5.98. The third kappa shape index (κ3) is 4.60. The van der Waals surface area contributed by atoms with Gasteiger partial charge in [-0.05, 0) is 25.7 Å². The first-order valence-electron chi connectivity index (χ1n) is 7.75. The molecular weight excluding hydrogens is 226 g/mol.